The molecule has 0 aliphatic heterocycles. The molecular weight excluding hydrogens is 280 g/mol. The highest BCUT2D eigenvalue weighted by Crippen LogP contribution is 2.19. The van der Waals surface area contributed by atoms with Gasteiger partial charge in [-0.3, -0.25) is 9.78 Å². The van der Waals surface area contributed by atoms with E-state index in [-0.39, 0.29) is 18.4 Å². The number of carbonyl (C=O) groups is 1. The Bertz CT molecular complexity index is 623. The van der Waals surface area contributed by atoms with Gasteiger partial charge in [0, 0.05) is 25.1 Å². The lowest BCUT2D eigenvalue weighted by Crippen LogP contribution is -2.45. The van der Waals surface area contributed by atoms with Crippen LogP contribution in [0.3, 0.4) is 0 Å². The topological polar surface area (TPSA) is 80.0 Å². The molecule has 118 valence electrons. The second-order valence-corrected chi connectivity index (χ2v) is 5.70. The monoisotopic (exact) mass is 302 g/mol. The first-order valence-electron chi connectivity index (χ1n) is 7.40. The molecule has 2 aromatic rings. The lowest BCUT2D eigenvalue weighted by molar-refractivity contribution is 0.00588. The average Bonchev–Trinajstić information content (AvgIpc) is 3.06. The number of amides is 1. The van der Waals surface area contributed by atoms with E-state index < -0.39 is 5.60 Å². The molecule has 0 saturated carbocycles. The van der Waals surface area contributed by atoms with E-state index in [1.807, 2.05) is 19.9 Å². The number of nitrogens with one attached hydrogen (secondary N) is 1. The van der Waals surface area contributed by atoms with E-state index in [0.29, 0.717) is 5.69 Å². The van der Waals surface area contributed by atoms with Crippen LogP contribution in [0.1, 0.15) is 37.7 Å². The van der Waals surface area contributed by atoms with Gasteiger partial charge in [-0.2, -0.15) is 5.10 Å². The van der Waals surface area contributed by atoms with Crippen molar-refractivity contribution in [3.05, 3.63) is 42.5 Å². The Morgan fingerprint density at radius 3 is 2.91 bits per heavy atom. The maximum absolute atomic E-state index is 12.2. The fourth-order valence-electron chi connectivity index (χ4n) is 2.07. The molecule has 0 spiro atoms. The van der Waals surface area contributed by atoms with Crippen molar-refractivity contribution in [3.8, 4) is 5.69 Å². The molecule has 22 heavy (non-hydrogen) atoms. The van der Waals surface area contributed by atoms with Crippen LogP contribution >= 0.6 is 0 Å². The second-order valence-electron chi connectivity index (χ2n) is 5.70. The number of hydrogen-bond donors (Lipinski definition) is 2. The molecule has 0 aromatic carbocycles. The first kappa shape index (κ1) is 16.2. The zero-order chi connectivity index (χ0) is 16.2. The maximum atomic E-state index is 12.2. The predicted octanol–water partition coefficient (Wildman–Crippen LogP) is 1.79. The maximum Gasteiger partial charge on any atom is 0.270 e. The van der Waals surface area contributed by atoms with Gasteiger partial charge in [-0.05, 0) is 31.0 Å². The molecule has 0 aliphatic rings. The Hall–Kier alpha value is -2.21. The van der Waals surface area contributed by atoms with Crippen LogP contribution < -0.4 is 5.32 Å². The number of carbonyl (C=O) groups excluding carboxylic acids is 1. The first-order valence-corrected chi connectivity index (χ1v) is 7.40. The van der Waals surface area contributed by atoms with E-state index in [9.17, 15) is 9.90 Å². The number of hydrogen-bond acceptors (Lipinski definition) is 4. The molecule has 2 N–H and O–H groups in total. The Balaban J connectivity index is 2.06. The summed E-state index contributed by atoms with van der Waals surface area (Å²) in [6.07, 6.45) is 5.88. The summed E-state index contributed by atoms with van der Waals surface area (Å²) in [5.41, 5.74) is 0.121. The molecule has 6 heteroatoms. The van der Waals surface area contributed by atoms with E-state index in [4.69, 9.17) is 0 Å². The summed E-state index contributed by atoms with van der Waals surface area (Å²) in [6, 6.07) is 5.25. The number of pyridine rings is 1. The lowest BCUT2D eigenvalue weighted by atomic mass is 9.88. The van der Waals surface area contributed by atoms with Gasteiger partial charge in [0.2, 0.25) is 0 Å². The zero-order valence-electron chi connectivity index (χ0n) is 13.2. The average molecular weight is 302 g/mol. The second kappa shape index (κ2) is 6.70. The third-order valence-corrected chi connectivity index (χ3v) is 4.03. The number of aromatic nitrogens is 3. The largest absolute Gasteiger partial charge is 0.388 e. The summed E-state index contributed by atoms with van der Waals surface area (Å²) in [6.45, 7) is 5.89. The van der Waals surface area contributed by atoms with E-state index in [0.717, 1.165) is 12.1 Å². The van der Waals surface area contributed by atoms with Crippen LogP contribution in [0, 0.1) is 5.92 Å². The van der Waals surface area contributed by atoms with E-state index in [2.05, 4.69) is 15.4 Å². The third kappa shape index (κ3) is 3.71. The van der Waals surface area contributed by atoms with Crippen LogP contribution in [-0.4, -0.2) is 37.9 Å². The van der Waals surface area contributed by atoms with Crippen molar-refractivity contribution in [1.29, 1.82) is 0 Å². The summed E-state index contributed by atoms with van der Waals surface area (Å²) in [7, 11) is 0. The van der Waals surface area contributed by atoms with Crippen molar-refractivity contribution in [2.45, 2.75) is 32.8 Å². The molecule has 2 aromatic heterocycles. The summed E-state index contributed by atoms with van der Waals surface area (Å²) < 4.78 is 1.66. The van der Waals surface area contributed by atoms with Gasteiger partial charge in [0.25, 0.3) is 5.91 Å². The van der Waals surface area contributed by atoms with Crippen molar-refractivity contribution in [2.75, 3.05) is 6.54 Å². The SMILES string of the molecule is CCC(C)C(C)(O)CNC(=O)c1cc(-n2cccn2)ccn1. The molecule has 0 fully saturated rings. The van der Waals surface area contributed by atoms with E-state index in [1.165, 1.54) is 0 Å². The molecule has 2 atom stereocenters. The van der Waals surface area contributed by atoms with Crippen LogP contribution in [-0.2, 0) is 0 Å². The highest BCUT2D eigenvalue weighted by molar-refractivity contribution is 5.92. The van der Waals surface area contributed by atoms with Crippen molar-refractivity contribution in [2.24, 2.45) is 5.92 Å². The molecule has 1 amide bonds. The minimum atomic E-state index is -0.940. The summed E-state index contributed by atoms with van der Waals surface area (Å²) in [4.78, 5) is 16.3. The highest BCUT2D eigenvalue weighted by Gasteiger charge is 2.27. The molecule has 2 heterocycles. The molecule has 6 nitrogen and oxygen atoms in total. The quantitative estimate of drug-likeness (QED) is 0.852. The van der Waals surface area contributed by atoms with Gasteiger partial charge in [-0.25, -0.2) is 4.68 Å². The van der Waals surface area contributed by atoms with Crippen molar-refractivity contribution in [3.63, 3.8) is 0 Å². The third-order valence-electron chi connectivity index (χ3n) is 4.03. The Morgan fingerprint density at radius 2 is 2.27 bits per heavy atom. The Kier molecular flexibility index (Phi) is 4.92. The lowest BCUT2D eigenvalue weighted by Gasteiger charge is -2.29. The van der Waals surface area contributed by atoms with Gasteiger partial charge < -0.3 is 10.4 Å². The Labute approximate surface area is 130 Å². The molecular formula is C16H22N4O2. The Morgan fingerprint density at radius 1 is 1.50 bits per heavy atom. The fraction of sp³-hybridized carbons (Fsp3) is 0.438. The van der Waals surface area contributed by atoms with E-state index >= 15 is 0 Å². The molecule has 0 aliphatic carbocycles. The molecule has 0 radical (unpaired) electrons. The molecule has 0 saturated heterocycles. The van der Waals surface area contributed by atoms with Gasteiger partial charge in [0.1, 0.15) is 5.69 Å². The van der Waals surface area contributed by atoms with Crippen LogP contribution in [0.25, 0.3) is 5.69 Å². The fourth-order valence-corrected chi connectivity index (χ4v) is 2.07. The number of nitrogens with zero attached hydrogens (tertiary/aromatic N) is 3. The smallest absolute Gasteiger partial charge is 0.270 e. The summed E-state index contributed by atoms with van der Waals surface area (Å²) in [5.74, 6) is -0.214. The van der Waals surface area contributed by atoms with Crippen molar-refractivity contribution >= 4 is 5.91 Å². The molecule has 2 unspecified atom stereocenters. The van der Waals surface area contributed by atoms with Gasteiger partial charge >= 0.3 is 0 Å². The zero-order valence-corrected chi connectivity index (χ0v) is 13.2. The highest BCUT2D eigenvalue weighted by atomic mass is 16.3. The van der Waals surface area contributed by atoms with Crippen LogP contribution in [0.4, 0.5) is 0 Å². The van der Waals surface area contributed by atoms with Gasteiger partial charge in [-0.1, -0.05) is 20.3 Å². The van der Waals surface area contributed by atoms with Crippen molar-refractivity contribution < 1.29 is 9.90 Å². The molecule has 0 bridgehead atoms. The minimum absolute atomic E-state index is 0.0937. The molecule has 2 rings (SSSR count). The van der Waals surface area contributed by atoms with Crippen LogP contribution in [0.2, 0.25) is 0 Å². The van der Waals surface area contributed by atoms with Gasteiger partial charge in [0.15, 0.2) is 0 Å². The summed E-state index contributed by atoms with van der Waals surface area (Å²) >= 11 is 0. The van der Waals surface area contributed by atoms with Crippen LogP contribution in [0.5, 0.6) is 0 Å². The van der Waals surface area contributed by atoms with Crippen molar-refractivity contribution in [1.82, 2.24) is 20.1 Å². The predicted molar refractivity (Wildman–Crippen MR) is 83.8 cm³/mol. The normalized spacial score (nSPS) is 15.1. The number of rotatable bonds is 6. The standard InChI is InChI=1S/C16H22N4O2/c1-4-12(2)16(3,22)11-18-15(21)14-10-13(6-8-17-14)20-9-5-7-19-20/h5-10,12,22H,4,11H2,1-3H3,(H,18,21). The number of aliphatic hydroxyl groups is 1. The summed E-state index contributed by atoms with van der Waals surface area (Å²) in [5, 5.41) is 17.2. The van der Waals surface area contributed by atoms with Gasteiger partial charge in [0.05, 0.1) is 11.3 Å². The minimum Gasteiger partial charge on any atom is -0.388 e. The van der Waals surface area contributed by atoms with E-state index in [1.54, 1.807) is 42.3 Å². The van der Waals surface area contributed by atoms with Gasteiger partial charge in [-0.15, -0.1) is 0 Å². The first-order chi connectivity index (χ1) is 10.4. The van der Waals surface area contributed by atoms with Crippen LogP contribution in [0.15, 0.2) is 36.8 Å².